The maximum atomic E-state index is 12.5. The third-order valence-electron chi connectivity index (χ3n) is 6.61. The van der Waals surface area contributed by atoms with Crippen LogP contribution in [0.15, 0.2) is 72.1 Å². The van der Waals surface area contributed by atoms with Crippen molar-refractivity contribution in [1.82, 2.24) is 0 Å². The standard InChI is InChI=1S/C32H34N2O7/c1-4-5-6-9-16-38-27-15-12-21(17-29(27)37-3)31-23-14-13-22(18-28(23)41-32(34)24(31)19-33)40-30(35)20-39-26-11-8-7-10-25(26)36-2/h7-8,10-15,17-18,31H,4-6,9,16,20,34H2,1-3H3. The molecule has 0 amide bonds. The molecule has 0 aliphatic carbocycles. The summed E-state index contributed by atoms with van der Waals surface area (Å²) in [6.07, 6.45) is 4.40. The number of hydrogen-bond acceptors (Lipinski definition) is 9. The summed E-state index contributed by atoms with van der Waals surface area (Å²) in [4.78, 5) is 12.5. The molecule has 0 saturated carbocycles. The van der Waals surface area contributed by atoms with E-state index in [9.17, 15) is 10.1 Å². The van der Waals surface area contributed by atoms with Crippen LogP contribution in [-0.4, -0.2) is 33.4 Å². The second kappa shape index (κ2) is 14.0. The molecule has 3 aromatic rings. The predicted octanol–water partition coefficient (Wildman–Crippen LogP) is 5.87. The monoisotopic (exact) mass is 558 g/mol. The van der Waals surface area contributed by atoms with Gasteiger partial charge in [-0.2, -0.15) is 5.26 Å². The molecular formula is C32H34N2O7. The van der Waals surface area contributed by atoms with Crippen LogP contribution in [0.2, 0.25) is 0 Å². The molecule has 0 radical (unpaired) electrons. The maximum absolute atomic E-state index is 12.5. The van der Waals surface area contributed by atoms with Gasteiger partial charge in [0.05, 0.1) is 26.7 Å². The van der Waals surface area contributed by atoms with E-state index in [1.165, 1.54) is 13.5 Å². The summed E-state index contributed by atoms with van der Waals surface area (Å²) in [5.41, 5.74) is 7.90. The maximum Gasteiger partial charge on any atom is 0.349 e. The molecule has 41 heavy (non-hydrogen) atoms. The number of nitriles is 1. The summed E-state index contributed by atoms with van der Waals surface area (Å²) < 4.78 is 33.6. The smallest absolute Gasteiger partial charge is 0.349 e. The molecule has 0 bridgehead atoms. The topological polar surface area (TPSA) is 122 Å². The van der Waals surface area contributed by atoms with E-state index in [-0.39, 0.29) is 23.8 Å². The number of carbonyl (C=O) groups excluding carboxylic acids is 1. The average Bonchev–Trinajstić information content (AvgIpc) is 2.99. The van der Waals surface area contributed by atoms with E-state index in [0.717, 1.165) is 24.8 Å². The lowest BCUT2D eigenvalue weighted by Crippen LogP contribution is -2.22. The number of rotatable bonds is 13. The van der Waals surface area contributed by atoms with Crippen molar-refractivity contribution in [3.8, 4) is 40.6 Å². The van der Waals surface area contributed by atoms with Crippen molar-refractivity contribution >= 4 is 5.97 Å². The number of carbonyl (C=O) groups is 1. The van der Waals surface area contributed by atoms with Gasteiger partial charge in [0.1, 0.15) is 23.1 Å². The number of hydrogen-bond donors (Lipinski definition) is 1. The molecule has 1 aliphatic rings. The third-order valence-corrected chi connectivity index (χ3v) is 6.61. The summed E-state index contributed by atoms with van der Waals surface area (Å²) in [5, 5.41) is 9.93. The molecule has 0 spiro atoms. The number of para-hydroxylation sites is 2. The van der Waals surface area contributed by atoms with Gasteiger partial charge < -0.3 is 34.2 Å². The zero-order chi connectivity index (χ0) is 29.2. The number of fused-ring (bicyclic) bond motifs is 1. The van der Waals surface area contributed by atoms with Gasteiger partial charge in [-0.25, -0.2) is 4.79 Å². The molecule has 0 saturated heterocycles. The van der Waals surface area contributed by atoms with Crippen LogP contribution in [-0.2, 0) is 4.79 Å². The molecule has 4 rings (SSSR count). The Morgan fingerprint density at radius 2 is 1.68 bits per heavy atom. The molecule has 2 N–H and O–H groups in total. The molecule has 3 aromatic carbocycles. The van der Waals surface area contributed by atoms with Crippen LogP contribution in [0.25, 0.3) is 0 Å². The predicted molar refractivity (Wildman–Crippen MR) is 152 cm³/mol. The highest BCUT2D eigenvalue weighted by Gasteiger charge is 2.32. The number of ether oxygens (including phenoxy) is 6. The van der Waals surface area contributed by atoms with E-state index in [2.05, 4.69) is 13.0 Å². The molecule has 0 fully saturated rings. The van der Waals surface area contributed by atoms with Gasteiger partial charge in [-0.3, -0.25) is 0 Å². The zero-order valence-corrected chi connectivity index (χ0v) is 23.5. The average molecular weight is 559 g/mol. The summed E-state index contributed by atoms with van der Waals surface area (Å²) >= 11 is 0. The fraction of sp³-hybridized carbons (Fsp3) is 0.312. The third kappa shape index (κ3) is 7.03. The highest BCUT2D eigenvalue weighted by Crippen LogP contribution is 2.45. The Morgan fingerprint density at radius 1 is 0.927 bits per heavy atom. The van der Waals surface area contributed by atoms with E-state index in [1.807, 2.05) is 18.2 Å². The van der Waals surface area contributed by atoms with Crippen LogP contribution in [0, 0.1) is 11.3 Å². The van der Waals surface area contributed by atoms with E-state index in [1.54, 1.807) is 49.6 Å². The molecule has 1 atom stereocenters. The molecule has 1 heterocycles. The lowest BCUT2D eigenvalue weighted by molar-refractivity contribution is -0.136. The van der Waals surface area contributed by atoms with Gasteiger partial charge in [-0.1, -0.05) is 50.5 Å². The molecule has 1 unspecified atom stereocenters. The van der Waals surface area contributed by atoms with E-state index >= 15 is 0 Å². The quantitative estimate of drug-likeness (QED) is 0.156. The Morgan fingerprint density at radius 3 is 2.41 bits per heavy atom. The SMILES string of the molecule is CCCCCCOc1ccc(C2C(C#N)=C(N)Oc3cc(OC(=O)COc4ccccc4OC)ccc32)cc1OC. The van der Waals surface area contributed by atoms with Crippen LogP contribution in [0.3, 0.4) is 0 Å². The first-order valence-electron chi connectivity index (χ1n) is 13.5. The minimum absolute atomic E-state index is 0.0248. The van der Waals surface area contributed by atoms with Crippen LogP contribution in [0.5, 0.6) is 34.5 Å². The fourth-order valence-electron chi connectivity index (χ4n) is 4.57. The van der Waals surface area contributed by atoms with Crippen LogP contribution >= 0.6 is 0 Å². The molecule has 214 valence electrons. The molecule has 1 aliphatic heterocycles. The first-order valence-corrected chi connectivity index (χ1v) is 13.5. The Labute approximate surface area is 240 Å². The Kier molecular flexibility index (Phi) is 9.94. The van der Waals surface area contributed by atoms with E-state index in [4.69, 9.17) is 34.2 Å². The minimum atomic E-state index is -0.612. The number of unbranched alkanes of at least 4 members (excludes halogenated alkanes) is 3. The van der Waals surface area contributed by atoms with Crippen LogP contribution in [0.4, 0.5) is 0 Å². The summed E-state index contributed by atoms with van der Waals surface area (Å²) in [7, 11) is 3.10. The molecule has 9 heteroatoms. The Balaban J connectivity index is 1.52. The highest BCUT2D eigenvalue weighted by molar-refractivity contribution is 5.74. The second-order valence-corrected chi connectivity index (χ2v) is 9.36. The highest BCUT2D eigenvalue weighted by atomic mass is 16.6. The molecule has 0 aromatic heterocycles. The van der Waals surface area contributed by atoms with Crippen molar-refractivity contribution in [2.45, 2.75) is 38.5 Å². The van der Waals surface area contributed by atoms with Crippen LogP contribution in [0.1, 0.15) is 49.7 Å². The molecular weight excluding hydrogens is 524 g/mol. The number of methoxy groups -OCH3 is 2. The first-order chi connectivity index (χ1) is 20.0. The largest absolute Gasteiger partial charge is 0.493 e. The Hall–Kier alpha value is -4.84. The summed E-state index contributed by atoms with van der Waals surface area (Å²) in [5.74, 6) is 1.58. The fourth-order valence-corrected chi connectivity index (χ4v) is 4.57. The summed E-state index contributed by atoms with van der Waals surface area (Å²) in [6.45, 7) is 2.44. The summed E-state index contributed by atoms with van der Waals surface area (Å²) in [6, 6.07) is 19.7. The normalized spacial score (nSPS) is 13.9. The van der Waals surface area contributed by atoms with Gasteiger partial charge in [-0.05, 0) is 42.3 Å². The van der Waals surface area contributed by atoms with Gasteiger partial charge in [0.25, 0.3) is 0 Å². The zero-order valence-electron chi connectivity index (χ0n) is 23.5. The van der Waals surface area contributed by atoms with Crippen molar-refractivity contribution in [2.75, 3.05) is 27.4 Å². The van der Waals surface area contributed by atoms with Gasteiger partial charge in [-0.15, -0.1) is 0 Å². The van der Waals surface area contributed by atoms with Crippen LogP contribution < -0.4 is 34.2 Å². The second-order valence-electron chi connectivity index (χ2n) is 9.36. The van der Waals surface area contributed by atoms with Gasteiger partial charge in [0.2, 0.25) is 5.88 Å². The first kappa shape index (κ1) is 29.2. The van der Waals surface area contributed by atoms with Gasteiger partial charge in [0.15, 0.2) is 29.6 Å². The van der Waals surface area contributed by atoms with Crippen molar-refractivity contribution < 1.29 is 33.2 Å². The minimum Gasteiger partial charge on any atom is -0.493 e. The van der Waals surface area contributed by atoms with Crippen molar-refractivity contribution in [1.29, 1.82) is 5.26 Å². The van der Waals surface area contributed by atoms with E-state index < -0.39 is 11.9 Å². The van der Waals surface area contributed by atoms with Gasteiger partial charge in [0, 0.05) is 11.6 Å². The number of nitrogens with zero attached hydrogens (tertiary/aromatic N) is 1. The number of allylic oxidation sites excluding steroid dienone is 1. The van der Waals surface area contributed by atoms with Crippen molar-refractivity contribution in [3.63, 3.8) is 0 Å². The van der Waals surface area contributed by atoms with Crippen molar-refractivity contribution in [3.05, 3.63) is 83.2 Å². The van der Waals surface area contributed by atoms with E-state index in [0.29, 0.717) is 40.9 Å². The number of nitrogens with two attached hydrogens (primary N) is 1. The lowest BCUT2D eigenvalue weighted by atomic mass is 9.83. The number of benzene rings is 3. The molecule has 9 nitrogen and oxygen atoms in total. The van der Waals surface area contributed by atoms with Crippen molar-refractivity contribution in [2.24, 2.45) is 5.73 Å². The lowest BCUT2D eigenvalue weighted by Gasteiger charge is -2.27. The Bertz CT molecular complexity index is 1440. The van der Waals surface area contributed by atoms with Gasteiger partial charge >= 0.3 is 5.97 Å². The number of esters is 1.